The molecule has 0 bridgehead atoms. The second-order valence-electron chi connectivity index (χ2n) is 6.67. The standard InChI is InChI=1S/C17H26N2O2S/c1-17(2,14-9-5-6-10-15(14)22(4)21)18-16(20)13-8-7-11-19(3)12-13/h5-6,9-10,13H,7-8,11-12H2,1-4H3,(H,18,20)/t13-,22?/m0/s1. The van der Waals surface area contributed by atoms with Crippen LogP contribution in [0.3, 0.4) is 0 Å². The second-order valence-corrected chi connectivity index (χ2v) is 8.01. The average Bonchev–Trinajstić information content (AvgIpc) is 2.46. The number of hydrogen-bond acceptors (Lipinski definition) is 3. The first-order valence-electron chi connectivity index (χ1n) is 7.75. The van der Waals surface area contributed by atoms with Gasteiger partial charge in [0.1, 0.15) is 0 Å². The highest BCUT2D eigenvalue weighted by atomic mass is 32.2. The van der Waals surface area contributed by atoms with Gasteiger partial charge in [-0.05, 0) is 51.9 Å². The Kier molecular flexibility index (Phi) is 5.40. The molecule has 1 aliphatic heterocycles. The van der Waals surface area contributed by atoms with Crippen molar-refractivity contribution in [2.45, 2.75) is 37.1 Å². The van der Waals surface area contributed by atoms with E-state index in [1.54, 1.807) is 6.26 Å². The fourth-order valence-electron chi connectivity index (χ4n) is 3.09. The maximum Gasteiger partial charge on any atom is 0.225 e. The Morgan fingerprint density at radius 3 is 2.68 bits per heavy atom. The molecule has 0 saturated carbocycles. The number of rotatable bonds is 4. The van der Waals surface area contributed by atoms with E-state index < -0.39 is 16.3 Å². The summed E-state index contributed by atoms with van der Waals surface area (Å²) in [6, 6.07) is 7.62. The molecule has 0 aromatic heterocycles. The number of nitrogens with zero attached hydrogens (tertiary/aromatic N) is 1. The van der Waals surface area contributed by atoms with Crippen LogP contribution >= 0.6 is 0 Å². The van der Waals surface area contributed by atoms with E-state index in [0.29, 0.717) is 0 Å². The largest absolute Gasteiger partial charge is 0.347 e. The number of hydrogen-bond donors (Lipinski definition) is 1. The van der Waals surface area contributed by atoms with E-state index in [9.17, 15) is 9.00 Å². The molecule has 1 N–H and O–H groups in total. The first kappa shape index (κ1) is 17.2. The van der Waals surface area contributed by atoms with Gasteiger partial charge in [-0.2, -0.15) is 0 Å². The molecule has 0 aliphatic carbocycles. The zero-order valence-electron chi connectivity index (χ0n) is 13.9. The Balaban J connectivity index is 2.17. The van der Waals surface area contributed by atoms with Crippen molar-refractivity contribution in [1.29, 1.82) is 0 Å². The number of nitrogens with one attached hydrogen (secondary N) is 1. The first-order valence-corrected chi connectivity index (χ1v) is 9.30. The minimum atomic E-state index is -1.07. The highest BCUT2D eigenvalue weighted by molar-refractivity contribution is 7.84. The lowest BCUT2D eigenvalue weighted by Crippen LogP contribution is -2.48. The van der Waals surface area contributed by atoms with Crippen LogP contribution in [0.5, 0.6) is 0 Å². The van der Waals surface area contributed by atoms with Crippen LogP contribution in [-0.4, -0.2) is 41.4 Å². The third-order valence-electron chi connectivity index (χ3n) is 4.30. The van der Waals surface area contributed by atoms with Crippen molar-refractivity contribution < 1.29 is 9.00 Å². The Bertz CT molecular complexity index is 572. The molecule has 1 amide bonds. The number of piperidine rings is 1. The zero-order valence-corrected chi connectivity index (χ0v) is 14.7. The van der Waals surface area contributed by atoms with Gasteiger partial charge in [0.25, 0.3) is 0 Å². The summed E-state index contributed by atoms with van der Waals surface area (Å²) in [7, 11) is 0.984. The molecule has 1 fully saturated rings. The van der Waals surface area contributed by atoms with E-state index in [2.05, 4.69) is 17.3 Å². The van der Waals surface area contributed by atoms with Gasteiger partial charge in [-0.15, -0.1) is 0 Å². The minimum absolute atomic E-state index is 0.0392. The average molecular weight is 322 g/mol. The summed E-state index contributed by atoms with van der Waals surface area (Å²) < 4.78 is 11.9. The SMILES string of the molecule is CN1CCC[C@H](C(=O)NC(C)(C)c2ccccc2S(C)=O)C1. The lowest BCUT2D eigenvalue weighted by atomic mass is 9.91. The normalized spacial score (nSPS) is 21.4. The van der Waals surface area contributed by atoms with Crippen LogP contribution in [0.15, 0.2) is 29.2 Å². The number of carbonyl (C=O) groups excluding carboxylic acids is 1. The van der Waals surface area contributed by atoms with Gasteiger partial charge in [0.2, 0.25) is 5.91 Å². The van der Waals surface area contributed by atoms with Crippen LogP contribution in [0.25, 0.3) is 0 Å². The van der Waals surface area contributed by atoms with Gasteiger partial charge in [0, 0.05) is 17.7 Å². The van der Waals surface area contributed by atoms with Crippen molar-refractivity contribution in [1.82, 2.24) is 10.2 Å². The molecule has 2 rings (SSSR count). The number of amides is 1. The van der Waals surface area contributed by atoms with Gasteiger partial charge in [-0.1, -0.05) is 18.2 Å². The maximum atomic E-state index is 12.6. The number of carbonyl (C=O) groups is 1. The molecule has 1 aromatic rings. The molecule has 5 heteroatoms. The van der Waals surface area contributed by atoms with Crippen molar-refractivity contribution in [3.63, 3.8) is 0 Å². The van der Waals surface area contributed by atoms with Crippen LogP contribution in [-0.2, 0) is 21.1 Å². The van der Waals surface area contributed by atoms with Gasteiger partial charge in [-0.3, -0.25) is 9.00 Å². The minimum Gasteiger partial charge on any atom is -0.347 e. The molecule has 1 heterocycles. The van der Waals surface area contributed by atoms with Crippen molar-refractivity contribution >= 4 is 16.7 Å². The molecular weight excluding hydrogens is 296 g/mol. The third-order valence-corrected chi connectivity index (χ3v) is 5.28. The summed E-state index contributed by atoms with van der Waals surface area (Å²) in [5.74, 6) is 0.130. The van der Waals surface area contributed by atoms with Gasteiger partial charge < -0.3 is 10.2 Å². The van der Waals surface area contributed by atoms with Crippen LogP contribution in [0.1, 0.15) is 32.3 Å². The number of likely N-dealkylation sites (tertiary alicyclic amines) is 1. The first-order chi connectivity index (χ1) is 10.3. The lowest BCUT2D eigenvalue weighted by molar-refractivity contribution is -0.128. The van der Waals surface area contributed by atoms with Crippen molar-refractivity contribution in [2.75, 3.05) is 26.4 Å². The monoisotopic (exact) mass is 322 g/mol. The Labute approximate surface area is 135 Å². The van der Waals surface area contributed by atoms with Crippen molar-refractivity contribution in [2.24, 2.45) is 5.92 Å². The Morgan fingerprint density at radius 2 is 2.05 bits per heavy atom. The van der Waals surface area contributed by atoms with Crippen molar-refractivity contribution in [3.8, 4) is 0 Å². The van der Waals surface area contributed by atoms with Gasteiger partial charge in [-0.25, -0.2) is 0 Å². The summed E-state index contributed by atoms with van der Waals surface area (Å²) in [6.45, 7) is 5.82. The van der Waals surface area contributed by atoms with Crippen LogP contribution in [0, 0.1) is 5.92 Å². The third kappa shape index (κ3) is 3.96. The van der Waals surface area contributed by atoms with Crippen molar-refractivity contribution in [3.05, 3.63) is 29.8 Å². The van der Waals surface area contributed by atoms with Gasteiger partial charge in [0.05, 0.1) is 22.3 Å². The van der Waals surface area contributed by atoms with E-state index in [1.165, 1.54) is 0 Å². The van der Waals surface area contributed by atoms with Crippen LogP contribution < -0.4 is 5.32 Å². The Hall–Kier alpha value is -1.20. The summed E-state index contributed by atoms with van der Waals surface area (Å²) in [5, 5.41) is 3.16. The lowest BCUT2D eigenvalue weighted by Gasteiger charge is -2.34. The maximum absolute atomic E-state index is 12.6. The molecule has 1 aromatic carbocycles. The summed E-state index contributed by atoms with van der Waals surface area (Å²) in [5.41, 5.74) is 0.392. The smallest absolute Gasteiger partial charge is 0.225 e. The molecule has 0 radical (unpaired) electrons. The fraction of sp³-hybridized carbons (Fsp3) is 0.588. The second kappa shape index (κ2) is 6.92. The highest BCUT2D eigenvalue weighted by Crippen LogP contribution is 2.27. The molecule has 4 nitrogen and oxygen atoms in total. The van der Waals surface area contributed by atoms with E-state index in [0.717, 1.165) is 36.4 Å². The molecule has 1 aliphatic rings. The molecule has 1 saturated heterocycles. The summed E-state index contributed by atoms with van der Waals surface area (Å²) in [4.78, 5) is 15.6. The predicted octanol–water partition coefficient (Wildman–Crippen LogP) is 2.12. The molecule has 1 unspecified atom stereocenters. The summed E-state index contributed by atoms with van der Waals surface area (Å²) in [6.07, 6.45) is 3.67. The highest BCUT2D eigenvalue weighted by Gasteiger charge is 2.31. The number of benzene rings is 1. The summed E-state index contributed by atoms with van der Waals surface area (Å²) >= 11 is 0. The molecule has 0 spiro atoms. The predicted molar refractivity (Wildman–Crippen MR) is 90.2 cm³/mol. The van der Waals surface area contributed by atoms with E-state index in [4.69, 9.17) is 0 Å². The molecule has 22 heavy (non-hydrogen) atoms. The molecule has 2 atom stereocenters. The van der Waals surface area contributed by atoms with Crippen LogP contribution in [0.2, 0.25) is 0 Å². The quantitative estimate of drug-likeness (QED) is 0.924. The van der Waals surface area contributed by atoms with E-state index >= 15 is 0 Å². The van der Waals surface area contributed by atoms with Gasteiger partial charge >= 0.3 is 0 Å². The van der Waals surface area contributed by atoms with E-state index in [1.807, 2.05) is 38.1 Å². The van der Waals surface area contributed by atoms with Crippen LogP contribution in [0.4, 0.5) is 0 Å². The fourth-order valence-corrected chi connectivity index (χ4v) is 3.99. The topological polar surface area (TPSA) is 49.4 Å². The molecular formula is C17H26N2O2S. The Morgan fingerprint density at radius 1 is 1.36 bits per heavy atom. The van der Waals surface area contributed by atoms with E-state index in [-0.39, 0.29) is 11.8 Å². The molecule has 122 valence electrons. The van der Waals surface area contributed by atoms with Gasteiger partial charge in [0.15, 0.2) is 0 Å². The zero-order chi connectivity index (χ0) is 16.3.